The van der Waals surface area contributed by atoms with E-state index in [1.807, 2.05) is 27.0 Å². The van der Waals surface area contributed by atoms with Gasteiger partial charge < -0.3 is 5.32 Å². The Kier molecular flexibility index (Phi) is 7.01. The summed E-state index contributed by atoms with van der Waals surface area (Å²) in [7, 11) is -3.54. The van der Waals surface area contributed by atoms with Gasteiger partial charge in [0, 0.05) is 24.2 Å². The molecule has 0 aliphatic carbocycles. The fourth-order valence-electron chi connectivity index (χ4n) is 1.65. The second-order valence-electron chi connectivity index (χ2n) is 5.06. The number of H-pyrrole nitrogens is 1. The van der Waals surface area contributed by atoms with E-state index in [4.69, 9.17) is 0 Å². The van der Waals surface area contributed by atoms with E-state index in [0.29, 0.717) is 12.1 Å². The molecular weight excluding hydrogens is 296 g/mol. The molecule has 0 saturated carbocycles. The number of hydrogen-bond acceptors (Lipinski definition) is 5. The molecule has 116 valence electrons. The van der Waals surface area contributed by atoms with E-state index in [-0.39, 0.29) is 17.1 Å². The van der Waals surface area contributed by atoms with E-state index < -0.39 is 10.0 Å². The molecule has 1 unspecified atom stereocenters. The molecule has 1 rings (SSSR count). The Hall–Kier alpha value is -0.570. The number of nitrogens with one attached hydrogen (secondary N) is 3. The molecule has 0 saturated heterocycles. The molecule has 0 radical (unpaired) electrons. The average Bonchev–Trinajstić information content (AvgIpc) is 2.82. The van der Waals surface area contributed by atoms with Crippen molar-refractivity contribution in [3.05, 3.63) is 11.8 Å². The van der Waals surface area contributed by atoms with Crippen LogP contribution < -0.4 is 10.0 Å². The minimum absolute atomic E-state index is 0.0957. The summed E-state index contributed by atoms with van der Waals surface area (Å²) in [5.41, 5.74) is 0.656. The molecule has 0 aliphatic heterocycles. The lowest BCUT2D eigenvalue weighted by molar-refractivity contribution is 0.547. The third-order valence-electron chi connectivity index (χ3n) is 2.76. The molecule has 8 heteroatoms. The molecule has 0 aromatic carbocycles. The quantitative estimate of drug-likeness (QED) is 0.639. The summed E-state index contributed by atoms with van der Waals surface area (Å²) in [6.07, 6.45) is 4.36. The highest BCUT2D eigenvalue weighted by molar-refractivity contribution is 7.98. The normalized spacial score (nSPS) is 13.8. The van der Waals surface area contributed by atoms with Gasteiger partial charge in [0.15, 0.2) is 5.03 Å². The molecule has 1 aromatic heterocycles. The van der Waals surface area contributed by atoms with Gasteiger partial charge in [0.25, 0.3) is 10.0 Å². The van der Waals surface area contributed by atoms with E-state index in [0.717, 1.165) is 12.2 Å². The summed E-state index contributed by atoms with van der Waals surface area (Å²) in [5, 5.41) is 9.78. The van der Waals surface area contributed by atoms with E-state index in [1.54, 1.807) is 18.0 Å². The van der Waals surface area contributed by atoms with Gasteiger partial charge in [0.2, 0.25) is 0 Å². The molecule has 20 heavy (non-hydrogen) atoms. The molecule has 6 nitrogen and oxygen atoms in total. The zero-order chi connectivity index (χ0) is 15.2. The first-order chi connectivity index (χ1) is 9.36. The van der Waals surface area contributed by atoms with Gasteiger partial charge >= 0.3 is 0 Å². The van der Waals surface area contributed by atoms with E-state index in [9.17, 15) is 8.42 Å². The third kappa shape index (κ3) is 5.43. The van der Waals surface area contributed by atoms with Crippen molar-refractivity contribution in [1.82, 2.24) is 20.2 Å². The Morgan fingerprint density at radius 1 is 1.40 bits per heavy atom. The van der Waals surface area contributed by atoms with Crippen LogP contribution in [0.3, 0.4) is 0 Å². The van der Waals surface area contributed by atoms with Gasteiger partial charge in [-0.05, 0) is 25.4 Å². The third-order valence-corrected chi connectivity index (χ3v) is 5.01. The number of aromatic nitrogens is 2. The molecule has 0 fully saturated rings. The van der Waals surface area contributed by atoms with Crippen molar-refractivity contribution in [2.45, 2.75) is 50.8 Å². The average molecular weight is 320 g/mol. The van der Waals surface area contributed by atoms with Crippen LogP contribution in [0, 0.1) is 0 Å². The van der Waals surface area contributed by atoms with Gasteiger partial charge in [0.05, 0.1) is 6.20 Å². The Balaban J connectivity index is 2.74. The van der Waals surface area contributed by atoms with Crippen molar-refractivity contribution < 1.29 is 8.42 Å². The fraction of sp³-hybridized carbons (Fsp3) is 0.750. The number of thioether (sulfide) groups is 1. The molecular formula is C12H24N4O2S2. The molecule has 1 heterocycles. The lowest BCUT2D eigenvalue weighted by Gasteiger charge is -2.14. The summed E-state index contributed by atoms with van der Waals surface area (Å²) in [6.45, 7) is 6.37. The van der Waals surface area contributed by atoms with Gasteiger partial charge in [-0.3, -0.25) is 5.10 Å². The zero-order valence-electron chi connectivity index (χ0n) is 12.4. The molecule has 0 amide bonds. The monoisotopic (exact) mass is 320 g/mol. The summed E-state index contributed by atoms with van der Waals surface area (Å²) in [5.74, 6) is 0.925. The van der Waals surface area contributed by atoms with Crippen LogP contribution in [0.5, 0.6) is 0 Å². The molecule has 0 aliphatic rings. The Morgan fingerprint density at radius 3 is 2.70 bits per heavy atom. The summed E-state index contributed by atoms with van der Waals surface area (Å²) < 4.78 is 27.3. The van der Waals surface area contributed by atoms with Gasteiger partial charge in [-0.15, -0.1) is 0 Å². The van der Waals surface area contributed by atoms with Gasteiger partial charge in [-0.2, -0.15) is 16.9 Å². The standard InChI is InChI=1S/C12H24N4O2S2/c1-9(2)13-7-11-8-14-15-12(11)20(17,18)16-10(3)5-6-19-4/h8-10,13,16H,5-7H2,1-4H3,(H,14,15). The zero-order valence-corrected chi connectivity index (χ0v) is 14.1. The molecule has 1 atom stereocenters. The van der Waals surface area contributed by atoms with Crippen LogP contribution in [0.25, 0.3) is 0 Å². The van der Waals surface area contributed by atoms with Crippen molar-refractivity contribution in [1.29, 1.82) is 0 Å². The van der Waals surface area contributed by atoms with Crippen molar-refractivity contribution in [2.24, 2.45) is 0 Å². The van der Waals surface area contributed by atoms with Crippen LogP contribution in [-0.4, -0.2) is 42.7 Å². The number of sulfonamides is 1. The summed E-state index contributed by atoms with van der Waals surface area (Å²) in [4.78, 5) is 0. The van der Waals surface area contributed by atoms with Crippen molar-refractivity contribution >= 4 is 21.8 Å². The van der Waals surface area contributed by atoms with Crippen LogP contribution in [0.15, 0.2) is 11.2 Å². The van der Waals surface area contributed by atoms with Crippen molar-refractivity contribution in [3.63, 3.8) is 0 Å². The van der Waals surface area contributed by atoms with Crippen LogP contribution in [0.2, 0.25) is 0 Å². The SMILES string of the molecule is CSCCC(C)NS(=O)(=O)c1[nH]ncc1CNC(C)C. The second kappa shape index (κ2) is 8.02. The van der Waals surface area contributed by atoms with E-state index in [1.165, 1.54) is 0 Å². The van der Waals surface area contributed by atoms with E-state index in [2.05, 4.69) is 20.2 Å². The molecule has 0 spiro atoms. The smallest absolute Gasteiger partial charge is 0.258 e. The largest absolute Gasteiger partial charge is 0.310 e. The maximum atomic E-state index is 12.3. The Morgan fingerprint density at radius 2 is 2.10 bits per heavy atom. The molecule has 3 N–H and O–H groups in total. The highest BCUT2D eigenvalue weighted by atomic mass is 32.2. The number of rotatable bonds is 9. The highest BCUT2D eigenvalue weighted by Gasteiger charge is 2.22. The maximum absolute atomic E-state index is 12.3. The lowest BCUT2D eigenvalue weighted by atomic mass is 10.3. The first kappa shape index (κ1) is 17.5. The van der Waals surface area contributed by atoms with Crippen LogP contribution in [-0.2, 0) is 16.6 Å². The summed E-state index contributed by atoms with van der Waals surface area (Å²) in [6, 6.07) is 0.190. The predicted octanol–water partition coefficient (Wildman–Crippen LogP) is 1.33. The summed E-state index contributed by atoms with van der Waals surface area (Å²) >= 11 is 1.70. The number of aromatic amines is 1. The number of hydrogen-bond donors (Lipinski definition) is 3. The van der Waals surface area contributed by atoms with Crippen LogP contribution in [0.1, 0.15) is 32.8 Å². The van der Waals surface area contributed by atoms with Crippen molar-refractivity contribution in [2.75, 3.05) is 12.0 Å². The maximum Gasteiger partial charge on any atom is 0.258 e. The van der Waals surface area contributed by atoms with Gasteiger partial charge in [0.1, 0.15) is 0 Å². The van der Waals surface area contributed by atoms with Gasteiger partial charge in [-0.1, -0.05) is 13.8 Å². The van der Waals surface area contributed by atoms with Crippen LogP contribution in [0.4, 0.5) is 0 Å². The highest BCUT2D eigenvalue weighted by Crippen LogP contribution is 2.13. The van der Waals surface area contributed by atoms with Gasteiger partial charge in [-0.25, -0.2) is 13.1 Å². The predicted molar refractivity (Wildman–Crippen MR) is 83.3 cm³/mol. The first-order valence-electron chi connectivity index (χ1n) is 6.63. The molecule has 0 bridgehead atoms. The lowest BCUT2D eigenvalue weighted by Crippen LogP contribution is -2.34. The minimum Gasteiger partial charge on any atom is -0.310 e. The van der Waals surface area contributed by atoms with E-state index >= 15 is 0 Å². The number of nitrogens with zero attached hydrogens (tertiary/aromatic N) is 1. The van der Waals surface area contributed by atoms with Crippen molar-refractivity contribution in [3.8, 4) is 0 Å². The topological polar surface area (TPSA) is 86.9 Å². The Bertz CT molecular complexity index is 499. The van der Waals surface area contributed by atoms with Crippen LogP contribution >= 0.6 is 11.8 Å². The fourth-order valence-corrected chi connectivity index (χ4v) is 3.65. The Labute approximate surface area is 125 Å². The molecule has 1 aromatic rings. The minimum atomic E-state index is -3.54. The second-order valence-corrected chi connectivity index (χ2v) is 7.70. The first-order valence-corrected chi connectivity index (χ1v) is 9.51.